The van der Waals surface area contributed by atoms with Gasteiger partial charge in [0.2, 0.25) is 27.7 Å². The molecular weight excluding hydrogens is 793 g/mol. The van der Waals surface area contributed by atoms with Crippen LogP contribution in [-0.2, 0) is 29.2 Å². The topological polar surface area (TPSA) is 152 Å². The summed E-state index contributed by atoms with van der Waals surface area (Å²) >= 11 is 0. The molecule has 0 spiro atoms. The largest absolute Gasteiger partial charge is 0.497 e. The SMILES string of the molecule is C=C[C@@H]1C[C@]1(CC(=O)[C@@H]1C[C@@H](Oc2cc(-c3ccccc3)nc3cc(OC)ccc23)CN1C(=O)[C@@H](CC(=O)N1C2CC3CC(C2)CC1C3)C(C)(C)C)C(=O)NS(=O)(=O)C1CC1. The number of sulfonamides is 1. The van der Waals surface area contributed by atoms with Crippen LogP contribution in [0.25, 0.3) is 22.2 Å². The Morgan fingerprint density at radius 2 is 1.66 bits per heavy atom. The lowest BCUT2D eigenvalue weighted by atomic mass is 9.63. The van der Waals surface area contributed by atoms with Crippen LogP contribution in [-0.4, -0.2) is 89.8 Å². The van der Waals surface area contributed by atoms with E-state index in [1.807, 2.05) is 75.4 Å². The van der Waals surface area contributed by atoms with Crippen LogP contribution in [0.2, 0.25) is 0 Å². The van der Waals surface area contributed by atoms with Gasteiger partial charge in [-0.1, -0.05) is 57.2 Å². The molecule has 3 amide bonds. The summed E-state index contributed by atoms with van der Waals surface area (Å²) < 4.78 is 40.5. The van der Waals surface area contributed by atoms with Gasteiger partial charge in [0.15, 0.2) is 5.78 Å². The van der Waals surface area contributed by atoms with E-state index in [1.165, 1.54) is 6.42 Å². The highest BCUT2D eigenvalue weighted by molar-refractivity contribution is 7.90. The van der Waals surface area contributed by atoms with Crippen LogP contribution in [0, 0.1) is 34.5 Å². The van der Waals surface area contributed by atoms with Gasteiger partial charge in [-0.3, -0.25) is 23.9 Å². The van der Waals surface area contributed by atoms with Gasteiger partial charge in [-0.15, -0.1) is 6.58 Å². The first-order chi connectivity index (χ1) is 29.1. The number of allylic oxidation sites excluding steroid dienone is 1. The number of Topliss-reactive ketones (excluding diaryl/α,β-unsaturated/α-hetero) is 1. The molecule has 1 aromatic heterocycles. The maximum atomic E-state index is 15.2. The summed E-state index contributed by atoms with van der Waals surface area (Å²) in [6.45, 7) is 9.87. The second-order valence-electron chi connectivity index (χ2n) is 19.9. The van der Waals surface area contributed by atoms with Crippen molar-refractivity contribution in [1.82, 2.24) is 19.5 Å². The minimum atomic E-state index is -3.86. The summed E-state index contributed by atoms with van der Waals surface area (Å²) in [5, 5.41) is 0.126. The van der Waals surface area contributed by atoms with E-state index in [1.54, 1.807) is 18.1 Å². The predicted octanol–water partition coefficient (Wildman–Crippen LogP) is 6.86. The van der Waals surface area contributed by atoms with Gasteiger partial charge in [0.1, 0.15) is 17.6 Å². The maximum absolute atomic E-state index is 15.2. The Hall–Kier alpha value is -4.78. The number of methoxy groups -OCH3 is 1. The molecule has 1 N–H and O–H groups in total. The van der Waals surface area contributed by atoms with Gasteiger partial charge in [-0.2, -0.15) is 0 Å². The molecule has 5 atom stereocenters. The van der Waals surface area contributed by atoms with E-state index in [0.717, 1.165) is 36.6 Å². The molecule has 4 heterocycles. The van der Waals surface area contributed by atoms with Crippen molar-refractivity contribution in [3.8, 4) is 22.8 Å². The van der Waals surface area contributed by atoms with Gasteiger partial charge in [-0.25, -0.2) is 13.4 Å². The van der Waals surface area contributed by atoms with Crippen LogP contribution in [0.1, 0.15) is 91.4 Å². The van der Waals surface area contributed by atoms with Gasteiger partial charge >= 0.3 is 0 Å². The van der Waals surface area contributed by atoms with Crippen LogP contribution in [0.5, 0.6) is 11.5 Å². The summed E-state index contributed by atoms with van der Waals surface area (Å²) in [5.41, 5.74) is 0.304. The summed E-state index contributed by atoms with van der Waals surface area (Å²) in [5.74, 6) is 0.0559. The molecule has 12 nitrogen and oxygen atoms in total. The number of carbonyl (C=O) groups is 4. The molecule has 324 valence electrons. The third kappa shape index (κ3) is 7.95. The fourth-order valence-electron chi connectivity index (χ4n) is 11.3. The van der Waals surface area contributed by atoms with Crippen molar-refractivity contribution in [2.45, 2.75) is 121 Å². The number of aromatic nitrogens is 1. The standard InChI is InChI=1S/C48H58N4O8S/c1-6-31-25-48(31,46(56)50-61(57,58)36-13-14-36)26-42(53)41-22-35(60-43-24-39(30-10-8-7-9-11-30)49-40-21-34(59-5)12-15-37(40)43)27-51(41)45(55)38(47(2,3)4)23-44(54)52-32-17-28-16-29(19-32)20-33(52)18-28/h6-12,15,21,24,28-29,31-33,35-36,38,41H,1,13-14,16-20,22-23,25-27H2,2-5H3,(H,50,56)/t28?,29?,31-,32?,33?,35-,38-,41+,48-/m1/s1. The van der Waals surface area contributed by atoms with Crippen molar-refractivity contribution in [2.24, 2.45) is 34.5 Å². The van der Waals surface area contributed by atoms with Crippen LogP contribution in [0.3, 0.4) is 0 Å². The molecule has 4 bridgehead atoms. The fourth-order valence-corrected chi connectivity index (χ4v) is 12.6. The molecule has 3 saturated heterocycles. The summed E-state index contributed by atoms with van der Waals surface area (Å²) in [7, 11) is -2.27. The van der Waals surface area contributed by atoms with Crippen molar-refractivity contribution in [1.29, 1.82) is 0 Å². The Labute approximate surface area is 358 Å². The Morgan fingerprint density at radius 3 is 2.26 bits per heavy atom. The van der Waals surface area contributed by atoms with E-state index in [9.17, 15) is 22.8 Å². The first kappa shape index (κ1) is 41.6. The first-order valence-corrected chi connectivity index (χ1v) is 23.7. The molecule has 4 aliphatic carbocycles. The maximum Gasteiger partial charge on any atom is 0.240 e. The molecule has 61 heavy (non-hydrogen) atoms. The molecule has 7 fully saturated rings. The number of fused-ring (bicyclic) bond motifs is 1. The average molecular weight is 851 g/mol. The van der Waals surface area contributed by atoms with Crippen molar-refractivity contribution in [3.63, 3.8) is 0 Å². The number of piperidine rings is 2. The van der Waals surface area contributed by atoms with Crippen LogP contribution >= 0.6 is 0 Å². The lowest BCUT2D eigenvalue weighted by Crippen LogP contribution is -2.60. The van der Waals surface area contributed by atoms with Crippen molar-refractivity contribution in [2.75, 3.05) is 13.7 Å². The Kier molecular flexibility index (Phi) is 10.6. The smallest absolute Gasteiger partial charge is 0.240 e. The number of carbonyl (C=O) groups excluding carboxylic acids is 4. The van der Waals surface area contributed by atoms with E-state index in [0.29, 0.717) is 47.4 Å². The van der Waals surface area contributed by atoms with Crippen molar-refractivity contribution >= 4 is 44.4 Å². The number of rotatable bonds is 14. The fraction of sp³-hybridized carbons (Fsp3) is 0.562. The van der Waals surface area contributed by atoms with Gasteiger partial charge in [0.05, 0.1) is 47.5 Å². The Balaban J connectivity index is 1.03. The van der Waals surface area contributed by atoms with E-state index in [4.69, 9.17) is 14.5 Å². The zero-order valence-electron chi connectivity index (χ0n) is 35.7. The number of nitrogens with zero attached hydrogens (tertiary/aromatic N) is 3. The summed E-state index contributed by atoms with van der Waals surface area (Å²) in [4.78, 5) is 66.8. The lowest BCUT2D eigenvalue weighted by Gasteiger charge is -2.56. The number of hydrogen-bond donors (Lipinski definition) is 1. The van der Waals surface area contributed by atoms with Crippen molar-refractivity contribution < 1.29 is 37.1 Å². The molecule has 3 aliphatic heterocycles. The van der Waals surface area contributed by atoms with Gasteiger partial charge in [0.25, 0.3) is 0 Å². The minimum Gasteiger partial charge on any atom is -0.497 e. The minimum absolute atomic E-state index is 0.00312. The van der Waals surface area contributed by atoms with E-state index < -0.39 is 56.0 Å². The molecule has 0 radical (unpaired) electrons. The molecule has 4 saturated carbocycles. The second kappa shape index (κ2) is 15.5. The second-order valence-corrected chi connectivity index (χ2v) is 21.9. The number of likely N-dealkylation sites (tertiary alicyclic amines) is 1. The van der Waals surface area contributed by atoms with Gasteiger partial charge < -0.3 is 19.3 Å². The number of nitrogens with one attached hydrogen (secondary N) is 1. The molecule has 7 aliphatic rings. The highest BCUT2D eigenvalue weighted by atomic mass is 32.2. The van der Waals surface area contributed by atoms with Crippen LogP contribution in [0.4, 0.5) is 0 Å². The number of ether oxygens (including phenoxy) is 2. The zero-order chi connectivity index (χ0) is 43.0. The van der Waals surface area contributed by atoms with E-state index in [-0.39, 0.29) is 61.9 Å². The molecule has 10 rings (SSSR count). The Morgan fingerprint density at radius 1 is 0.967 bits per heavy atom. The highest BCUT2D eigenvalue weighted by Gasteiger charge is 2.62. The zero-order valence-corrected chi connectivity index (χ0v) is 36.5. The molecule has 0 unspecified atom stereocenters. The number of amides is 3. The number of ketones is 1. The van der Waals surface area contributed by atoms with E-state index >= 15 is 4.79 Å². The van der Waals surface area contributed by atoms with Gasteiger partial charge in [0, 0.05) is 54.4 Å². The van der Waals surface area contributed by atoms with Crippen molar-refractivity contribution in [3.05, 3.63) is 67.3 Å². The first-order valence-electron chi connectivity index (χ1n) is 22.1. The number of hydrogen-bond acceptors (Lipinski definition) is 9. The molecule has 3 aromatic rings. The van der Waals surface area contributed by atoms with Crippen LogP contribution in [0.15, 0.2) is 67.3 Å². The highest BCUT2D eigenvalue weighted by Crippen LogP contribution is 2.57. The normalized spacial score (nSPS) is 29.6. The summed E-state index contributed by atoms with van der Waals surface area (Å²) in [6, 6.07) is 16.6. The number of benzene rings is 2. The summed E-state index contributed by atoms with van der Waals surface area (Å²) in [6.07, 6.45) is 7.53. The Bertz CT molecular complexity index is 2350. The predicted molar refractivity (Wildman–Crippen MR) is 231 cm³/mol. The quantitative estimate of drug-likeness (QED) is 0.172. The monoisotopic (exact) mass is 850 g/mol. The molecular formula is C48H58N4O8S. The number of pyridine rings is 1. The average Bonchev–Trinajstić information content (AvgIpc) is 4.15. The molecule has 13 heteroatoms. The molecule has 2 aromatic carbocycles. The van der Waals surface area contributed by atoms with Crippen LogP contribution < -0.4 is 14.2 Å². The van der Waals surface area contributed by atoms with Gasteiger partial charge in [-0.05, 0) is 86.7 Å². The lowest BCUT2D eigenvalue weighted by molar-refractivity contribution is -0.156. The van der Waals surface area contributed by atoms with E-state index in [2.05, 4.69) is 16.2 Å². The third-order valence-corrected chi connectivity index (χ3v) is 16.5. The third-order valence-electron chi connectivity index (χ3n) is 14.7.